The van der Waals surface area contributed by atoms with Gasteiger partial charge in [0.05, 0.1) is 6.04 Å². The Bertz CT molecular complexity index is 421. The Kier molecular flexibility index (Phi) is 4.48. The van der Waals surface area contributed by atoms with Crippen LogP contribution in [0.15, 0.2) is 31.1 Å². The van der Waals surface area contributed by atoms with Gasteiger partial charge in [0.1, 0.15) is 5.60 Å². The lowest BCUT2D eigenvalue weighted by molar-refractivity contribution is 0.0519. The highest BCUT2D eigenvalue weighted by atomic mass is 16.6. The maximum Gasteiger partial charge on any atom is 0.408 e. The van der Waals surface area contributed by atoms with Gasteiger partial charge in [0.15, 0.2) is 0 Å². The third-order valence-corrected chi connectivity index (χ3v) is 2.29. The average Bonchev–Trinajstić information content (AvgIpc) is 2.26. The molecule has 0 aliphatic rings. The Morgan fingerprint density at radius 1 is 1.50 bits per heavy atom. The summed E-state index contributed by atoms with van der Waals surface area (Å²) < 4.78 is 5.19. The highest BCUT2D eigenvalue weighted by Gasteiger charge is 2.19. The molecular formula is C14H20N2O2. The van der Waals surface area contributed by atoms with Gasteiger partial charge in [-0.25, -0.2) is 4.79 Å². The van der Waals surface area contributed by atoms with Gasteiger partial charge in [0.2, 0.25) is 0 Å². The molecule has 1 aromatic rings. The fourth-order valence-electron chi connectivity index (χ4n) is 1.37. The average molecular weight is 248 g/mol. The van der Waals surface area contributed by atoms with Crippen LogP contribution in [0.25, 0.3) is 5.57 Å². The zero-order valence-electron chi connectivity index (χ0n) is 11.4. The number of carbonyl (C=O) groups excluding carboxylic acids is 1. The summed E-state index contributed by atoms with van der Waals surface area (Å²) in [6.45, 7) is 11.3. The smallest absolute Gasteiger partial charge is 0.408 e. The molecule has 0 unspecified atom stereocenters. The second-order valence-corrected chi connectivity index (χ2v) is 5.13. The quantitative estimate of drug-likeness (QED) is 0.894. The highest BCUT2D eigenvalue weighted by Crippen LogP contribution is 2.15. The summed E-state index contributed by atoms with van der Waals surface area (Å²) in [5.41, 5.74) is 1.20. The number of alkyl carbamates (subject to hydrolysis) is 1. The molecule has 0 aliphatic heterocycles. The van der Waals surface area contributed by atoms with Crippen LogP contribution in [0.3, 0.4) is 0 Å². The largest absolute Gasteiger partial charge is 0.444 e. The van der Waals surface area contributed by atoms with E-state index >= 15 is 0 Å². The van der Waals surface area contributed by atoms with Gasteiger partial charge in [0, 0.05) is 12.4 Å². The molecule has 1 rings (SSSR count). The number of rotatable bonds is 3. The fourth-order valence-corrected chi connectivity index (χ4v) is 1.37. The zero-order chi connectivity index (χ0) is 13.8. The molecule has 0 saturated heterocycles. The molecule has 4 heteroatoms. The van der Waals surface area contributed by atoms with E-state index in [9.17, 15) is 4.79 Å². The van der Waals surface area contributed by atoms with Crippen molar-refractivity contribution in [2.75, 3.05) is 0 Å². The standard InChI is InChI=1S/C14H20N2O2/c1-10(12-7-6-8-15-9-12)11(2)16-13(17)18-14(3,4)5/h6-9,11H,1H2,2-5H3,(H,16,17)/t11-/m0/s1. The summed E-state index contributed by atoms with van der Waals surface area (Å²) in [5.74, 6) is 0. The van der Waals surface area contributed by atoms with E-state index in [4.69, 9.17) is 4.74 Å². The maximum absolute atomic E-state index is 11.6. The van der Waals surface area contributed by atoms with Crippen LogP contribution in [0, 0.1) is 0 Å². The lowest BCUT2D eigenvalue weighted by Gasteiger charge is -2.22. The van der Waals surface area contributed by atoms with Crippen LogP contribution in [0.2, 0.25) is 0 Å². The normalized spacial score (nSPS) is 12.7. The van der Waals surface area contributed by atoms with E-state index in [0.29, 0.717) is 0 Å². The Hall–Kier alpha value is -1.84. The Labute approximate surface area is 108 Å². The van der Waals surface area contributed by atoms with Crippen molar-refractivity contribution < 1.29 is 9.53 Å². The summed E-state index contributed by atoms with van der Waals surface area (Å²) in [4.78, 5) is 15.6. The fraction of sp³-hybridized carbons (Fsp3) is 0.429. The Morgan fingerprint density at radius 3 is 2.67 bits per heavy atom. The van der Waals surface area contributed by atoms with Crippen LogP contribution in [-0.2, 0) is 4.74 Å². The molecule has 1 N–H and O–H groups in total. The van der Waals surface area contributed by atoms with Gasteiger partial charge in [-0.1, -0.05) is 12.6 Å². The van der Waals surface area contributed by atoms with Gasteiger partial charge in [-0.2, -0.15) is 0 Å². The van der Waals surface area contributed by atoms with Crippen LogP contribution in [0.1, 0.15) is 33.3 Å². The molecule has 1 amide bonds. The minimum Gasteiger partial charge on any atom is -0.444 e. The molecule has 1 atom stereocenters. The molecule has 1 heterocycles. The number of carbonyl (C=O) groups is 1. The monoisotopic (exact) mass is 248 g/mol. The van der Waals surface area contributed by atoms with Gasteiger partial charge in [0.25, 0.3) is 0 Å². The van der Waals surface area contributed by atoms with Gasteiger partial charge < -0.3 is 10.1 Å². The molecule has 0 aromatic carbocycles. The first-order valence-corrected chi connectivity index (χ1v) is 5.88. The highest BCUT2D eigenvalue weighted by molar-refractivity contribution is 5.74. The molecule has 0 bridgehead atoms. The molecule has 0 fully saturated rings. The van der Waals surface area contributed by atoms with Crippen molar-refractivity contribution in [3.8, 4) is 0 Å². The van der Waals surface area contributed by atoms with Crippen molar-refractivity contribution in [2.45, 2.75) is 39.3 Å². The number of aromatic nitrogens is 1. The van der Waals surface area contributed by atoms with E-state index in [2.05, 4.69) is 16.9 Å². The molecule has 98 valence electrons. The first-order chi connectivity index (χ1) is 8.29. The lowest BCUT2D eigenvalue weighted by atomic mass is 10.0. The van der Waals surface area contributed by atoms with Crippen LogP contribution in [0.5, 0.6) is 0 Å². The predicted molar refractivity (Wildman–Crippen MR) is 72.1 cm³/mol. The van der Waals surface area contributed by atoms with E-state index in [1.165, 1.54) is 0 Å². The molecule has 0 saturated carbocycles. The van der Waals surface area contributed by atoms with Crippen molar-refractivity contribution in [2.24, 2.45) is 0 Å². The topological polar surface area (TPSA) is 51.2 Å². The van der Waals surface area contributed by atoms with Crippen LogP contribution in [-0.4, -0.2) is 22.7 Å². The molecular weight excluding hydrogens is 228 g/mol. The molecule has 0 spiro atoms. The molecule has 18 heavy (non-hydrogen) atoms. The lowest BCUT2D eigenvalue weighted by Crippen LogP contribution is -2.38. The van der Waals surface area contributed by atoms with Crippen molar-refractivity contribution in [3.05, 3.63) is 36.7 Å². The van der Waals surface area contributed by atoms with E-state index in [1.807, 2.05) is 39.8 Å². The van der Waals surface area contributed by atoms with Crippen molar-refractivity contribution in [3.63, 3.8) is 0 Å². The Balaban J connectivity index is 2.59. The molecule has 4 nitrogen and oxygen atoms in total. The van der Waals surface area contributed by atoms with E-state index in [0.717, 1.165) is 11.1 Å². The third kappa shape index (κ3) is 4.57. The number of amides is 1. The number of hydrogen-bond donors (Lipinski definition) is 1. The van der Waals surface area contributed by atoms with Crippen molar-refractivity contribution in [1.29, 1.82) is 0 Å². The SMILES string of the molecule is C=C(c1cccnc1)[C@H](C)NC(=O)OC(C)(C)C. The summed E-state index contributed by atoms with van der Waals surface area (Å²) >= 11 is 0. The van der Waals surface area contributed by atoms with Crippen molar-refractivity contribution >= 4 is 11.7 Å². The van der Waals surface area contributed by atoms with E-state index < -0.39 is 11.7 Å². The van der Waals surface area contributed by atoms with Gasteiger partial charge in [-0.15, -0.1) is 0 Å². The number of hydrogen-bond acceptors (Lipinski definition) is 3. The zero-order valence-corrected chi connectivity index (χ0v) is 11.4. The van der Waals surface area contributed by atoms with Crippen molar-refractivity contribution in [1.82, 2.24) is 10.3 Å². The minimum absolute atomic E-state index is 0.205. The number of nitrogens with one attached hydrogen (secondary N) is 1. The van der Waals surface area contributed by atoms with E-state index in [1.54, 1.807) is 12.4 Å². The maximum atomic E-state index is 11.6. The summed E-state index contributed by atoms with van der Waals surface area (Å²) in [7, 11) is 0. The first-order valence-electron chi connectivity index (χ1n) is 5.88. The third-order valence-electron chi connectivity index (χ3n) is 2.29. The predicted octanol–water partition coefficient (Wildman–Crippen LogP) is 3.01. The van der Waals surface area contributed by atoms with Crippen LogP contribution in [0.4, 0.5) is 4.79 Å². The van der Waals surface area contributed by atoms with Gasteiger partial charge in [-0.05, 0) is 44.9 Å². The second-order valence-electron chi connectivity index (χ2n) is 5.13. The summed E-state index contributed by atoms with van der Waals surface area (Å²) in [5, 5.41) is 2.75. The minimum atomic E-state index is -0.501. The Morgan fingerprint density at radius 2 is 2.17 bits per heavy atom. The molecule has 1 aromatic heterocycles. The van der Waals surface area contributed by atoms with Gasteiger partial charge >= 0.3 is 6.09 Å². The molecule has 0 aliphatic carbocycles. The first kappa shape index (κ1) is 14.2. The molecule has 0 radical (unpaired) electrons. The van der Waals surface area contributed by atoms with Gasteiger partial charge in [-0.3, -0.25) is 4.98 Å². The number of ether oxygens (including phenoxy) is 1. The summed E-state index contributed by atoms with van der Waals surface area (Å²) in [6.07, 6.45) is 2.97. The van der Waals surface area contributed by atoms with Crippen LogP contribution < -0.4 is 5.32 Å². The summed E-state index contributed by atoms with van der Waals surface area (Å²) in [6, 6.07) is 3.53. The number of nitrogens with zero attached hydrogens (tertiary/aromatic N) is 1. The second kappa shape index (κ2) is 5.67. The number of pyridine rings is 1. The van der Waals surface area contributed by atoms with E-state index in [-0.39, 0.29) is 6.04 Å². The van der Waals surface area contributed by atoms with Crippen LogP contribution >= 0.6 is 0 Å².